The van der Waals surface area contributed by atoms with Gasteiger partial charge in [0.15, 0.2) is 0 Å². The van der Waals surface area contributed by atoms with Crippen molar-refractivity contribution in [1.29, 1.82) is 0 Å². The molecule has 0 bridgehead atoms. The van der Waals surface area contributed by atoms with E-state index in [2.05, 4.69) is 42.4 Å². The van der Waals surface area contributed by atoms with Gasteiger partial charge in [-0.2, -0.15) is 0 Å². The van der Waals surface area contributed by atoms with E-state index in [0.29, 0.717) is 0 Å². The summed E-state index contributed by atoms with van der Waals surface area (Å²) in [5, 5.41) is 0. The molecule has 2 heterocycles. The Kier molecular flexibility index (Phi) is 3.66. The Morgan fingerprint density at radius 2 is 2.25 bits per heavy atom. The van der Waals surface area contributed by atoms with E-state index in [4.69, 9.17) is 0 Å². The molecule has 0 amide bonds. The minimum absolute atomic E-state index is 0.758. The first-order valence-electron chi connectivity index (χ1n) is 5.25. The lowest BCUT2D eigenvalue weighted by Gasteiger charge is -2.06. The maximum atomic E-state index is 4.36. The summed E-state index contributed by atoms with van der Waals surface area (Å²) in [5.41, 5.74) is 1.06. The van der Waals surface area contributed by atoms with E-state index in [-0.39, 0.29) is 0 Å². The number of rotatable bonds is 4. The minimum atomic E-state index is 0.758. The highest BCUT2D eigenvalue weighted by molar-refractivity contribution is 9.10. The lowest BCUT2D eigenvalue weighted by molar-refractivity contribution is 0.646. The van der Waals surface area contributed by atoms with Crippen LogP contribution in [0.4, 0.5) is 0 Å². The Morgan fingerprint density at radius 3 is 3.00 bits per heavy atom. The number of hydrogen-bond acceptors (Lipinski definition) is 3. The van der Waals surface area contributed by atoms with Gasteiger partial charge in [-0.05, 0) is 22.4 Å². The molecule has 2 rings (SSSR count). The predicted molar refractivity (Wildman–Crippen MR) is 65.1 cm³/mol. The smallest absolute Gasteiger partial charge is 0.116 e. The minimum Gasteiger partial charge on any atom is -0.335 e. The molecule has 0 aliphatic rings. The van der Waals surface area contributed by atoms with Crippen LogP contribution < -0.4 is 0 Å². The zero-order chi connectivity index (χ0) is 11.4. The second kappa shape index (κ2) is 5.21. The summed E-state index contributed by atoms with van der Waals surface area (Å²) in [4.78, 5) is 12.5. The fraction of sp³-hybridized carbons (Fsp3) is 0.364. The Bertz CT molecular complexity index is 467. The average Bonchev–Trinajstić information content (AvgIpc) is 2.70. The molecule has 0 unspecified atom stereocenters. The van der Waals surface area contributed by atoms with E-state index < -0.39 is 0 Å². The summed E-state index contributed by atoms with van der Waals surface area (Å²) in [7, 11) is 0. The average molecular weight is 281 g/mol. The van der Waals surface area contributed by atoms with Gasteiger partial charge in [-0.25, -0.2) is 15.0 Å². The molecular weight excluding hydrogens is 268 g/mol. The molecule has 0 radical (unpaired) electrons. The van der Waals surface area contributed by atoms with Crippen LogP contribution in [0.5, 0.6) is 0 Å². The third-order valence-corrected chi connectivity index (χ3v) is 3.06. The summed E-state index contributed by atoms with van der Waals surface area (Å²) < 4.78 is 3.01. The molecule has 0 fully saturated rings. The number of aryl methyl sites for hydroxylation is 1. The molecule has 16 heavy (non-hydrogen) atoms. The Morgan fingerprint density at radius 1 is 1.38 bits per heavy atom. The second-order valence-electron chi connectivity index (χ2n) is 3.55. The van der Waals surface area contributed by atoms with Gasteiger partial charge >= 0.3 is 0 Å². The van der Waals surface area contributed by atoms with Crippen molar-refractivity contribution in [3.05, 3.63) is 40.9 Å². The SMILES string of the molecule is CCCn1ccnc1Cc1cncnc1Br. The monoisotopic (exact) mass is 280 g/mol. The Labute approximate surface area is 103 Å². The van der Waals surface area contributed by atoms with E-state index >= 15 is 0 Å². The first kappa shape index (κ1) is 11.3. The van der Waals surface area contributed by atoms with Gasteiger partial charge in [0.25, 0.3) is 0 Å². The highest BCUT2D eigenvalue weighted by Crippen LogP contribution is 2.15. The van der Waals surface area contributed by atoms with Crippen molar-refractivity contribution in [3.8, 4) is 0 Å². The van der Waals surface area contributed by atoms with Crippen LogP contribution >= 0.6 is 15.9 Å². The Hall–Kier alpha value is -1.23. The molecule has 0 atom stereocenters. The lowest BCUT2D eigenvalue weighted by atomic mass is 10.2. The molecule has 0 N–H and O–H groups in total. The second-order valence-corrected chi connectivity index (χ2v) is 4.30. The van der Waals surface area contributed by atoms with E-state index in [1.807, 2.05) is 18.6 Å². The summed E-state index contributed by atoms with van der Waals surface area (Å²) in [6.07, 6.45) is 9.07. The fourth-order valence-corrected chi connectivity index (χ4v) is 1.92. The molecule has 0 aromatic carbocycles. The number of imidazole rings is 1. The van der Waals surface area contributed by atoms with Crippen molar-refractivity contribution >= 4 is 15.9 Å². The number of hydrogen-bond donors (Lipinski definition) is 0. The summed E-state index contributed by atoms with van der Waals surface area (Å²) in [6.45, 7) is 3.16. The van der Waals surface area contributed by atoms with Crippen LogP contribution in [0.3, 0.4) is 0 Å². The van der Waals surface area contributed by atoms with Gasteiger partial charge in [0.05, 0.1) is 0 Å². The molecule has 84 valence electrons. The third-order valence-electron chi connectivity index (χ3n) is 2.35. The predicted octanol–water partition coefficient (Wildman–Crippen LogP) is 2.44. The number of halogens is 1. The van der Waals surface area contributed by atoms with Crippen molar-refractivity contribution in [2.75, 3.05) is 0 Å². The number of nitrogens with zero attached hydrogens (tertiary/aromatic N) is 4. The van der Waals surface area contributed by atoms with Crippen LogP contribution in [0.15, 0.2) is 29.5 Å². The van der Waals surface area contributed by atoms with Crippen LogP contribution in [-0.2, 0) is 13.0 Å². The topological polar surface area (TPSA) is 43.6 Å². The first-order chi connectivity index (χ1) is 7.81. The first-order valence-corrected chi connectivity index (χ1v) is 6.05. The standard InChI is InChI=1S/C11H13BrN4/c1-2-4-16-5-3-14-10(16)6-9-7-13-8-15-11(9)12/h3,5,7-8H,2,4,6H2,1H3. The molecule has 0 spiro atoms. The van der Waals surface area contributed by atoms with Gasteiger partial charge in [-0.3, -0.25) is 0 Å². The third kappa shape index (κ3) is 2.47. The summed E-state index contributed by atoms with van der Waals surface area (Å²) >= 11 is 3.42. The van der Waals surface area contributed by atoms with E-state index in [0.717, 1.165) is 35.4 Å². The molecule has 4 nitrogen and oxygen atoms in total. The molecule has 0 aliphatic heterocycles. The van der Waals surface area contributed by atoms with Crippen LogP contribution in [0.2, 0.25) is 0 Å². The summed E-state index contributed by atoms with van der Waals surface area (Å²) in [6, 6.07) is 0. The van der Waals surface area contributed by atoms with Gasteiger partial charge < -0.3 is 4.57 Å². The van der Waals surface area contributed by atoms with Gasteiger partial charge in [0.2, 0.25) is 0 Å². The van der Waals surface area contributed by atoms with Gasteiger partial charge in [0, 0.05) is 37.1 Å². The normalized spacial score (nSPS) is 10.6. The van der Waals surface area contributed by atoms with Gasteiger partial charge in [0.1, 0.15) is 16.8 Å². The van der Waals surface area contributed by atoms with E-state index in [1.54, 1.807) is 0 Å². The quantitative estimate of drug-likeness (QED) is 0.808. The molecule has 5 heteroatoms. The number of aromatic nitrogens is 4. The van der Waals surface area contributed by atoms with Crippen LogP contribution in [0, 0.1) is 0 Å². The molecule has 0 aliphatic carbocycles. The van der Waals surface area contributed by atoms with Crippen LogP contribution in [-0.4, -0.2) is 19.5 Å². The van der Waals surface area contributed by atoms with Crippen molar-refractivity contribution < 1.29 is 0 Å². The van der Waals surface area contributed by atoms with E-state index in [1.165, 1.54) is 6.33 Å². The highest BCUT2D eigenvalue weighted by atomic mass is 79.9. The highest BCUT2D eigenvalue weighted by Gasteiger charge is 2.07. The largest absolute Gasteiger partial charge is 0.335 e. The zero-order valence-corrected chi connectivity index (χ0v) is 10.7. The Balaban J connectivity index is 2.20. The van der Waals surface area contributed by atoms with Crippen molar-refractivity contribution in [3.63, 3.8) is 0 Å². The maximum absolute atomic E-state index is 4.36. The zero-order valence-electron chi connectivity index (χ0n) is 9.10. The van der Waals surface area contributed by atoms with Gasteiger partial charge in [-0.15, -0.1) is 0 Å². The fourth-order valence-electron chi connectivity index (χ4n) is 1.58. The van der Waals surface area contributed by atoms with Gasteiger partial charge in [-0.1, -0.05) is 6.92 Å². The van der Waals surface area contributed by atoms with Crippen LogP contribution in [0.25, 0.3) is 0 Å². The molecule has 0 saturated carbocycles. The van der Waals surface area contributed by atoms with Crippen molar-refractivity contribution in [1.82, 2.24) is 19.5 Å². The maximum Gasteiger partial charge on any atom is 0.116 e. The lowest BCUT2D eigenvalue weighted by Crippen LogP contribution is -2.04. The van der Waals surface area contributed by atoms with Crippen molar-refractivity contribution in [2.45, 2.75) is 26.3 Å². The van der Waals surface area contributed by atoms with E-state index in [9.17, 15) is 0 Å². The van der Waals surface area contributed by atoms with Crippen molar-refractivity contribution in [2.24, 2.45) is 0 Å². The molecule has 0 saturated heterocycles. The molecular formula is C11H13BrN4. The molecule has 2 aromatic rings. The summed E-state index contributed by atoms with van der Waals surface area (Å²) in [5.74, 6) is 1.05. The molecule has 2 aromatic heterocycles. The van der Waals surface area contributed by atoms with Crippen LogP contribution in [0.1, 0.15) is 24.7 Å².